The van der Waals surface area contributed by atoms with Gasteiger partial charge in [-0.2, -0.15) is 0 Å². The normalized spacial score (nSPS) is 22.1. The van der Waals surface area contributed by atoms with Crippen LogP contribution in [0.4, 0.5) is 0 Å². The zero-order chi connectivity index (χ0) is 9.97. The molecule has 2 rings (SSSR count). The van der Waals surface area contributed by atoms with Crippen molar-refractivity contribution < 1.29 is 10.2 Å². The summed E-state index contributed by atoms with van der Waals surface area (Å²) in [6.45, 7) is 2.00. The summed E-state index contributed by atoms with van der Waals surface area (Å²) in [5.41, 5.74) is 1.02. The predicted octanol–water partition coefficient (Wildman–Crippen LogP) is 1.56. The Morgan fingerprint density at radius 3 is 2.43 bits per heavy atom. The van der Waals surface area contributed by atoms with Crippen LogP contribution < -0.4 is 5.32 Å². The number of phenols is 2. The van der Waals surface area contributed by atoms with Crippen molar-refractivity contribution >= 4 is 0 Å². The number of piperidine rings is 1. The summed E-state index contributed by atoms with van der Waals surface area (Å²) < 4.78 is 0. The van der Waals surface area contributed by atoms with Gasteiger partial charge in [-0.05, 0) is 43.0 Å². The molecule has 1 saturated heterocycles. The second kappa shape index (κ2) is 3.88. The number of hydrogen-bond acceptors (Lipinski definition) is 3. The third-order valence-electron chi connectivity index (χ3n) is 2.69. The van der Waals surface area contributed by atoms with Crippen LogP contribution in [0.1, 0.15) is 24.3 Å². The molecular formula is C11H15NO2. The van der Waals surface area contributed by atoms with E-state index in [1.54, 1.807) is 12.1 Å². The third kappa shape index (κ3) is 1.99. The van der Waals surface area contributed by atoms with Gasteiger partial charge in [0.2, 0.25) is 0 Å². The molecule has 14 heavy (non-hydrogen) atoms. The topological polar surface area (TPSA) is 52.5 Å². The molecule has 0 radical (unpaired) electrons. The first-order chi connectivity index (χ1) is 6.75. The second-order valence-electron chi connectivity index (χ2n) is 3.83. The quantitative estimate of drug-likeness (QED) is 0.634. The average molecular weight is 193 g/mol. The highest BCUT2D eigenvalue weighted by atomic mass is 16.3. The molecule has 3 heteroatoms. The lowest BCUT2D eigenvalue weighted by molar-refractivity contribution is 0.436. The van der Waals surface area contributed by atoms with Crippen LogP contribution in [0.25, 0.3) is 0 Å². The lowest BCUT2D eigenvalue weighted by atomic mass is 9.91. The monoisotopic (exact) mass is 193 g/mol. The predicted molar refractivity (Wildman–Crippen MR) is 54.6 cm³/mol. The van der Waals surface area contributed by atoms with E-state index in [1.807, 2.05) is 0 Å². The van der Waals surface area contributed by atoms with Crippen LogP contribution in [0.2, 0.25) is 0 Å². The Morgan fingerprint density at radius 1 is 1.14 bits per heavy atom. The van der Waals surface area contributed by atoms with Crippen molar-refractivity contribution in [1.29, 1.82) is 0 Å². The van der Waals surface area contributed by atoms with Gasteiger partial charge < -0.3 is 15.5 Å². The van der Waals surface area contributed by atoms with Crippen LogP contribution in [0.15, 0.2) is 18.2 Å². The van der Waals surface area contributed by atoms with E-state index in [1.165, 1.54) is 6.07 Å². The highest BCUT2D eigenvalue weighted by molar-refractivity contribution is 5.38. The van der Waals surface area contributed by atoms with Crippen LogP contribution in [-0.2, 0) is 0 Å². The van der Waals surface area contributed by atoms with E-state index in [2.05, 4.69) is 5.32 Å². The summed E-state index contributed by atoms with van der Waals surface area (Å²) >= 11 is 0. The molecule has 3 N–H and O–H groups in total. The van der Waals surface area contributed by atoms with Gasteiger partial charge in [0.15, 0.2) is 0 Å². The Balaban J connectivity index is 2.21. The van der Waals surface area contributed by atoms with E-state index < -0.39 is 0 Å². The van der Waals surface area contributed by atoms with Gasteiger partial charge in [0.1, 0.15) is 11.5 Å². The fourth-order valence-electron chi connectivity index (χ4n) is 1.99. The number of benzene rings is 1. The molecule has 76 valence electrons. The van der Waals surface area contributed by atoms with E-state index in [-0.39, 0.29) is 11.5 Å². The summed E-state index contributed by atoms with van der Waals surface area (Å²) in [7, 11) is 0. The molecule has 0 spiro atoms. The van der Waals surface area contributed by atoms with Gasteiger partial charge in [-0.15, -0.1) is 0 Å². The summed E-state index contributed by atoms with van der Waals surface area (Å²) in [6.07, 6.45) is 2.27. The highest BCUT2D eigenvalue weighted by Crippen LogP contribution is 2.29. The van der Waals surface area contributed by atoms with Gasteiger partial charge in [0, 0.05) is 12.6 Å². The zero-order valence-corrected chi connectivity index (χ0v) is 8.03. The molecule has 1 aromatic carbocycles. The van der Waals surface area contributed by atoms with E-state index in [0.717, 1.165) is 31.5 Å². The Labute approximate surface area is 83.4 Å². The lowest BCUT2D eigenvalue weighted by Crippen LogP contribution is -2.28. The van der Waals surface area contributed by atoms with Crippen LogP contribution in [-0.4, -0.2) is 23.3 Å². The van der Waals surface area contributed by atoms with Crippen molar-refractivity contribution in [2.45, 2.75) is 18.8 Å². The second-order valence-corrected chi connectivity index (χ2v) is 3.83. The van der Waals surface area contributed by atoms with Crippen molar-refractivity contribution in [3.8, 4) is 11.5 Å². The largest absolute Gasteiger partial charge is 0.508 e. The van der Waals surface area contributed by atoms with E-state index in [0.29, 0.717) is 5.92 Å². The standard InChI is InChI=1S/C11H15NO2/c13-10-4-9(5-11(14)6-10)8-2-1-3-12-7-8/h4-6,8,12-14H,1-3,7H2/t8-/m1/s1. The lowest BCUT2D eigenvalue weighted by Gasteiger charge is -2.23. The molecule has 1 aliphatic rings. The summed E-state index contributed by atoms with van der Waals surface area (Å²) in [4.78, 5) is 0. The van der Waals surface area contributed by atoms with Crippen molar-refractivity contribution in [2.24, 2.45) is 0 Å². The number of rotatable bonds is 1. The molecule has 0 aliphatic carbocycles. The number of nitrogens with one attached hydrogen (secondary N) is 1. The maximum atomic E-state index is 9.34. The minimum absolute atomic E-state index is 0.144. The average Bonchev–Trinajstić information content (AvgIpc) is 2.18. The van der Waals surface area contributed by atoms with E-state index in [9.17, 15) is 10.2 Å². The van der Waals surface area contributed by atoms with Gasteiger partial charge in [-0.25, -0.2) is 0 Å². The number of aromatic hydroxyl groups is 2. The maximum absolute atomic E-state index is 9.34. The molecule has 0 bridgehead atoms. The maximum Gasteiger partial charge on any atom is 0.119 e. The fraction of sp³-hybridized carbons (Fsp3) is 0.455. The highest BCUT2D eigenvalue weighted by Gasteiger charge is 2.15. The van der Waals surface area contributed by atoms with E-state index >= 15 is 0 Å². The minimum Gasteiger partial charge on any atom is -0.508 e. The van der Waals surface area contributed by atoms with Crippen molar-refractivity contribution in [3.05, 3.63) is 23.8 Å². The molecule has 1 fully saturated rings. The Hall–Kier alpha value is -1.22. The van der Waals surface area contributed by atoms with Crippen molar-refractivity contribution in [2.75, 3.05) is 13.1 Å². The van der Waals surface area contributed by atoms with Gasteiger partial charge in [0.05, 0.1) is 0 Å². The number of hydrogen-bond donors (Lipinski definition) is 3. The fourth-order valence-corrected chi connectivity index (χ4v) is 1.99. The van der Waals surface area contributed by atoms with Gasteiger partial charge >= 0.3 is 0 Å². The van der Waals surface area contributed by atoms with Crippen molar-refractivity contribution in [3.63, 3.8) is 0 Å². The summed E-state index contributed by atoms with van der Waals surface area (Å²) in [5, 5.41) is 22.0. The first-order valence-corrected chi connectivity index (χ1v) is 4.99. The van der Waals surface area contributed by atoms with Crippen LogP contribution in [0.3, 0.4) is 0 Å². The van der Waals surface area contributed by atoms with Crippen LogP contribution >= 0.6 is 0 Å². The van der Waals surface area contributed by atoms with Gasteiger partial charge in [0.25, 0.3) is 0 Å². The Morgan fingerprint density at radius 2 is 1.86 bits per heavy atom. The number of phenolic OH excluding ortho intramolecular Hbond substituents is 2. The third-order valence-corrected chi connectivity index (χ3v) is 2.69. The first kappa shape index (κ1) is 9.34. The minimum atomic E-state index is 0.144. The summed E-state index contributed by atoms with van der Waals surface area (Å²) in [5.74, 6) is 0.706. The molecule has 1 heterocycles. The Kier molecular flexibility index (Phi) is 2.59. The summed E-state index contributed by atoms with van der Waals surface area (Å²) in [6, 6.07) is 4.83. The molecule has 0 saturated carbocycles. The first-order valence-electron chi connectivity index (χ1n) is 4.99. The molecule has 0 aromatic heterocycles. The molecule has 1 atom stereocenters. The molecule has 3 nitrogen and oxygen atoms in total. The molecule has 0 amide bonds. The molecular weight excluding hydrogens is 178 g/mol. The SMILES string of the molecule is Oc1cc(O)cc([C@@H]2CCCNC2)c1. The van der Waals surface area contributed by atoms with Crippen molar-refractivity contribution in [1.82, 2.24) is 5.32 Å². The van der Waals surface area contributed by atoms with Crippen LogP contribution in [0.5, 0.6) is 11.5 Å². The van der Waals surface area contributed by atoms with Gasteiger partial charge in [-0.1, -0.05) is 0 Å². The van der Waals surface area contributed by atoms with Crippen LogP contribution in [0, 0.1) is 0 Å². The smallest absolute Gasteiger partial charge is 0.119 e. The Bertz CT molecular complexity index is 299. The van der Waals surface area contributed by atoms with Gasteiger partial charge in [-0.3, -0.25) is 0 Å². The molecule has 0 unspecified atom stereocenters. The van der Waals surface area contributed by atoms with E-state index in [4.69, 9.17) is 0 Å². The molecule has 1 aliphatic heterocycles. The molecule has 1 aromatic rings. The zero-order valence-electron chi connectivity index (χ0n) is 8.03.